The van der Waals surface area contributed by atoms with E-state index >= 15 is 0 Å². The van der Waals surface area contributed by atoms with E-state index in [1.165, 1.54) is 18.6 Å². The number of rotatable bonds is 5. The van der Waals surface area contributed by atoms with E-state index in [9.17, 15) is 0 Å². The molecule has 0 aromatic carbocycles. The minimum Gasteiger partial charge on any atom is -0.466 e. The van der Waals surface area contributed by atoms with E-state index in [4.69, 9.17) is 4.42 Å². The van der Waals surface area contributed by atoms with E-state index in [2.05, 4.69) is 24.4 Å². The fraction of sp³-hybridized carbons (Fsp3) is 0.667. The molecule has 2 heteroatoms. The lowest BCUT2D eigenvalue weighted by atomic mass is 10.2. The van der Waals surface area contributed by atoms with Crippen LogP contribution in [0.5, 0.6) is 0 Å². The summed E-state index contributed by atoms with van der Waals surface area (Å²) in [4.78, 5) is 0. The number of aryl methyl sites for hydroxylation is 1. The smallest absolute Gasteiger partial charge is 0.107 e. The monoisotopic (exact) mass is 193 g/mol. The molecule has 78 valence electrons. The minimum atomic E-state index is 0.688. The second-order valence-electron chi connectivity index (χ2n) is 4.25. The van der Waals surface area contributed by atoms with E-state index in [1.807, 2.05) is 6.92 Å². The Bertz CT molecular complexity index is 292. The van der Waals surface area contributed by atoms with Gasteiger partial charge in [0.2, 0.25) is 0 Å². The number of nitrogens with one attached hydrogen (secondary N) is 1. The summed E-state index contributed by atoms with van der Waals surface area (Å²) >= 11 is 0. The quantitative estimate of drug-likeness (QED) is 0.727. The highest BCUT2D eigenvalue weighted by atomic mass is 16.3. The maximum absolute atomic E-state index is 5.62. The molecule has 1 saturated carbocycles. The van der Waals surface area contributed by atoms with Crippen molar-refractivity contribution in [3.8, 4) is 0 Å². The van der Waals surface area contributed by atoms with Gasteiger partial charge in [0, 0.05) is 5.92 Å². The Morgan fingerprint density at radius 2 is 2.36 bits per heavy atom. The third-order valence-corrected chi connectivity index (χ3v) is 2.88. The van der Waals surface area contributed by atoms with Crippen LogP contribution in [0.4, 0.5) is 0 Å². The minimum absolute atomic E-state index is 0.688. The van der Waals surface area contributed by atoms with Crippen LogP contribution in [0.1, 0.15) is 37.2 Å². The number of furan rings is 1. The molecular formula is C12H19NO. The largest absolute Gasteiger partial charge is 0.466 e. The molecule has 1 heterocycles. The normalized spacial score (nSPS) is 25.3. The van der Waals surface area contributed by atoms with Gasteiger partial charge >= 0.3 is 0 Å². The van der Waals surface area contributed by atoms with Gasteiger partial charge in [0.25, 0.3) is 0 Å². The van der Waals surface area contributed by atoms with Crippen molar-refractivity contribution in [1.82, 2.24) is 5.32 Å². The molecule has 2 unspecified atom stereocenters. The van der Waals surface area contributed by atoms with Gasteiger partial charge in [-0.25, -0.2) is 0 Å². The molecule has 0 radical (unpaired) electrons. The SMILES string of the molecule is CCCNCC1CC1c1ccc(C)o1. The van der Waals surface area contributed by atoms with E-state index < -0.39 is 0 Å². The van der Waals surface area contributed by atoms with Gasteiger partial charge in [0.05, 0.1) is 0 Å². The van der Waals surface area contributed by atoms with E-state index in [0.29, 0.717) is 5.92 Å². The summed E-state index contributed by atoms with van der Waals surface area (Å²) in [6, 6.07) is 4.18. The maximum Gasteiger partial charge on any atom is 0.107 e. The summed E-state index contributed by atoms with van der Waals surface area (Å²) in [5, 5.41) is 3.46. The first-order chi connectivity index (χ1) is 6.81. The molecule has 1 N–H and O–H groups in total. The molecule has 2 atom stereocenters. The fourth-order valence-corrected chi connectivity index (χ4v) is 1.94. The van der Waals surface area contributed by atoms with Gasteiger partial charge in [0.1, 0.15) is 11.5 Å². The average Bonchev–Trinajstić information content (AvgIpc) is 2.81. The van der Waals surface area contributed by atoms with Crippen molar-refractivity contribution in [3.05, 3.63) is 23.7 Å². The van der Waals surface area contributed by atoms with Crippen molar-refractivity contribution < 1.29 is 4.42 Å². The van der Waals surface area contributed by atoms with E-state index in [1.54, 1.807) is 0 Å². The zero-order chi connectivity index (χ0) is 9.97. The van der Waals surface area contributed by atoms with Crippen LogP contribution in [0.3, 0.4) is 0 Å². The van der Waals surface area contributed by atoms with Crippen molar-refractivity contribution >= 4 is 0 Å². The first-order valence-electron chi connectivity index (χ1n) is 5.58. The molecule has 0 bridgehead atoms. The van der Waals surface area contributed by atoms with Gasteiger partial charge in [-0.3, -0.25) is 0 Å². The predicted octanol–water partition coefficient (Wildman–Crippen LogP) is 2.69. The molecule has 1 aliphatic rings. The zero-order valence-electron chi connectivity index (χ0n) is 9.05. The van der Waals surface area contributed by atoms with Crippen LogP contribution in [0.15, 0.2) is 16.5 Å². The molecule has 2 rings (SSSR count). The Morgan fingerprint density at radius 3 is 3.00 bits per heavy atom. The van der Waals surface area contributed by atoms with Crippen molar-refractivity contribution in [2.24, 2.45) is 5.92 Å². The van der Waals surface area contributed by atoms with Crippen LogP contribution in [0, 0.1) is 12.8 Å². The van der Waals surface area contributed by atoms with Crippen molar-refractivity contribution in [3.63, 3.8) is 0 Å². The lowest BCUT2D eigenvalue weighted by molar-refractivity contribution is 0.474. The fourth-order valence-electron chi connectivity index (χ4n) is 1.94. The van der Waals surface area contributed by atoms with Gasteiger partial charge in [-0.1, -0.05) is 6.92 Å². The second-order valence-corrected chi connectivity index (χ2v) is 4.25. The first-order valence-corrected chi connectivity index (χ1v) is 5.58. The molecule has 1 fully saturated rings. The highest BCUT2D eigenvalue weighted by Gasteiger charge is 2.39. The number of hydrogen-bond acceptors (Lipinski definition) is 2. The average molecular weight is 193 g/mol. The zero-order valence-corrected chi connectivity index (χ0v) is 9.05. The van der Waals surface area contributed by atoms with Gasteiger partial charge in [-0.2, -0.15) is 0 Å². The maximum atomic E-state index is 5.62. The highest BCUT2D eigenvalue weighted by Crippen LogP contribution is 2.47. The topological polar surface area (TPSA) is 25.2 Å². The third kappa shape index (κ3) is 2.18. The molecular weight excluding hydrogens is 174 g/mol. The summed E-state index contributed by atoms with van der Waals surface area (Å²) in [6.45, 7) is 6.50. The Labute approximate surface area is 85.7 Å². The van der Waals surface area contributed by atoms with Crippen LogP contribution in [0.25, 0.3) is 0 Å². The van der Waals surface area contributed by atoms with Crippen LogP contribution >= 0.6 is 0 Å². The Morgan fingerprint density at radius 1 is 1.50 bits per heavy atom. The van der Waals surface area contributed by atoms with E-state index in [-0.39, 0.29) is 0 Å². The van der Waals surface area contributed by atoms with Gasteiger partial charge in [-0.05, 0) is 50.9 Å². The molecule has 0 spiro atoms. The third-order valence-electron chi connectivity index (χ3n) is 2.88. The molecule has 0 aliphatic heterocycles. The van der Waals surface area contributed by atoms with Crippen LogP contribution in [-0.2, 0) is 0 Å². The molecule has 1 aromatic rings. The van der Waals surface area contributed by atoms with Crippen molar-refractivity contribution in [2.75, 3.05) is 13.1 Å². The molecule has 14 heavy (non-hydrogen) atoms. The molecule has 1 aliphatic carbocycles. The van der Waals surface area contributed by atoms with Gasteiger partial charge < -0.3 is 9.73 Å². The standard InChI is InChI=1S/C12H19NO/c1-3-6-13-8-10-7-11(10)12-5-4-9(2)14-12/h4-5,10-11,13H,3,6-8H2,1-2H3. The molecule has 2 nitrogen and oxygen atoms in total. The Hall–Kier alpha value is -0.760. The summed E-state index contributed by atoms with van der Waals surface area (Å²) in [6.07, 6.45) is 2.51. The van der Waals surface area contributed by atoms with Gasteiger partial charge in [-0.15, -0.1) is 0 Å². The predicted molar refractivity (Wildman–Crippen MR) is 57.5 cm³/mol. The summed E-state index contributed by atoms with van der Waals surface area (Å²) in [5.74, 6) is 3.72. The molecule has 1 aromatic heterocycles. The first kappa shape index (κ1) is 9.78. The molecule has 0 amide bonds. The van der Waals surface area contributed by atoms with Gasteiger partial charge in [0.15, 0.2) is 0 Å². The van der Waals surface area contributed by atoms with Crippen LogP contribution in [-0.4, -0.2) is 13.1 Å². The Balaban J connectivity index is 1.76. The molecule has 0 saturated heterocycles. The summed E-state index contributed by atoms with van der Waals surface area (Å²) in [5.41, 5.74) is 0. The van der Waals surface area contributed by atoms with Crippen molar-refractivity contribution in [2.45, 2.75) is 32.6 Å². The summed E-state index contributed by atoms with van der Waals surface area (Å²) in [7, 11) is 0. The Kier molecular flexibility index (Phi) is 2.92. The lowest BCUT2D eigenvalue weighted by Gasteiger charge is -2.00. The van der Waals surface area contributed by atoms with Crippen molar-refractivity contribution in [1.29, 1.82) is 0 Å². The lowest BCUT2D eigenvalue weighted by Crippen LogP contribution is -2.17. The van der Waals surface area contributed by atoms with Crippen LogP contribution in [0.2, 0.25) is 0 Å². The number of hydrogen-bond donors (Lipinski definition) is 1. The second kappa shape index (κ2) is 4.18. The highest BCUT2D eigenvalue weighted by molar-refractivity contribution is 5.18. The summed E-state index contributed by atoms with van der Waals surface area (Å²) < 4.78 is 5.62. The van der Waals surface area contributed by atoms with E-state index in [0.717, 1.165) is 24.8 Å². The van der Waals surface area contributed by atoms with Crippen LogP contribution < -0.4 is 5.32 Å².